The van der Waals surface area contributed by atoms with Crippen molar-refractivity contribution < 1.29 is 17.9 Å². The van der Waals surface area contributed by atoms with Crippen LogP contribution in [0.2, 0.25) is 0 Å². The molecule has 0 bridgehead atoms. The molecule has 0 radical (unpaired) electrons. The van der Waals surface area contributed by atoms with E-state index in [9.17, 15) is 13.2 Å². The highest BCUT2D eigenvalue weighted by Crippen LogP contribution is 2.24. The van der Waals surface area contributed by atoms with E-state index in [2.05, 4.69) is 0 Å². The molecule has 22 heavy (non-hydrogen) atoms. The molecule has 0 aliphatic carbocycles. The van der Waals surface area contributed by atoms with Crippen molar-refractivity contribution in [3.8, 4) is 5.75 Å². The maximum Gasteiger partial charge on any atom is 0.243 e. The van der Waals surface area contributed by atoms with Gasteiger partial charge in [-0.05, 0) is 37.1 Å². The van der Waals surface area contributed by atoms with Crippen LogP contribution in [0.15, 0.2) is 23.1 Å². The van der Waals surface area contributed by atoms with Crippen LogP contribution in [0.1, 0.15) is 18.9 Å². The van der Waals surface area contributed by atoms with Crippen LogP contribution in [-0.2, 0) is 14.8 Å². The molecule has 0 unspecified atom stereocenters. The van der Waals surface area contributed by atoms with E-state index in [-0.39, 0.29) is 5.91 Å². The fraction of sp³-hybridized carbons (Fsp3) is 0.533. The van der Waals surface area contributed by atoms with E-state index in [1.807, 2.05) is 0 Å². The number of nitrogens with zero attached hydrogens (tertiary/aromatic N) is 2. The number of sulfonamides is 1. The van der Waals surface area contributed by atoms with Crippen LogP contribution < -0.4 is 4.74 Å². The highest BCUT2D eigenvalue weighted by Gasteiger charge is 2.28. The Bertz CT molecular complexity index is 658. The van der Waals surface area contributed by atoms with Crippen molar-refractivity contribution in [2.75, 3.05) is 33.3 Å². The number of hydrogen-bond donors (Lipinski definition) is 0. The summed E-state index contributed by atoms with van der Waals surface area (Å²) in [5, 5.41) is 0. The molecule has 1 aliphatic heterocycles. The van der Waals surface area contributed by atoms with Gasteiger partial charge in [0.15, 0.2) is 0 Å². The van der Waals surface area contributed by atoms with Gasteiger partial charge in [-0.25, -0.2) is 8.42 Å². The molecule has 122 valence electrons. The first-order valence-corrected chi connectivity index (χ1v) is 8.70. The van der Waals surface area contributed by atoms with Gasteiger partial charge in [-0.2, -0.15) is 4.31 Å². The fourth-order valence-corrected chi connectivity index (χ4v) is 4.30. The molecule has 0 N–H and O–H groups in total. The molecule has 1 aliphatic rings. The van der Waals surface area contributed by atoms with Gasteiger partial charge >= 0.3 is 0 Å². The summed E-state index contributed by atoms with van der Waals surface area (Å²) < 4.78 is 32.2. The van der Waals surface area contributed by atoms with Gasteiger partial charge in [-0.1, -0.05) is 0 Å². The highest BCUT2D eigenvalue weighted by atomic mass is 32.2. The zero-order valence-corrected chi connectivity index (χ0v) is 14.0. The lowest BCUT2D eigenvalue weighted by molar-refractivity contribution is -0.128. The Labute approximate surface area is 131 Å². The van der Waals surface area contributed by atoms with Crippen molar-refractivity contribution in [1.29, 1.82) is 0 Å². The Morgan fingerprint density at radius 1 is 1.18 bits per heavy atom. The topological polar surface area (TPSA) is 66.9 Å². The van der Waals surface area contributed by atoms with Gasteiger partial charge in [0.2, 0.25) is 15.9 Å². The summed E-state index contributed by atoms with van der Waals surface area (Å²) in [5.41, 5.74) is 0.659. The predicted octanol–water partition coefficient (Wildman–Crippen LogP) is 1.25. The molecular formula is C15H22N2O4S. The van der Waals surface area contributed by atoms with E-state index in [0.29, 0.717) is 48.8 Å². The second kappa shape index (κ2) is 6.66. The van der Waals surface area contributed by atoms with Crippen LogP contribution in [0.3, 0.4) is 0 Å². The lowest BCUT2D eigenvalue weighted by atomic mass is 10.2. The third-order valence-corrected chi connectivity index (χ3v) is 5.96. The number of benzene rings is 1. The van der Waals surface area contributed by atoms with Gasteiger partial charge in [0.1, 0.15) is 5.75 Å². The lowest BCUT2D eigenvalue weighted by Crippen LogP contribution is -2.36. The lowest BCUT2D eigenvalue weighted by Gasteiger charge is -2.22. The van der Waals surface area contributed by atoms with E-state index >= 15 is 0 Å². The fourth-order valence-electron chi connectivity index (χ4n) is 2.63. The van der Waals surface area contributed by atoms with E-state index in [1.165, 1.54) is 11.2 Å². The Morgan fingerprint density at radius 2 is 1.91 bits per heavy atom. The van der Waals surface area contributed by atoms with Gasteiger partial charge < -0.3 is 9.64 Å². The van der Waals surface area contributed by atoms with Crippen molar-refractivity contribution in [3.05, 3.63) is 23.8 Å². The van der Waals surface area contributed by atoms with Gasteiger partial charge in [0.05, 0.1) is 12.0 Å². The zero-order chi connectivity index (χ0) is 16.3. The molecule has 1 heterocycles. The molecule has 2 rings (SSSR count). The molecule has 1 saturated heterocycles. The second-order valence-corrected chi connectivity index (χ2v) is 7.30. The van der Waals surface area contributed by atoms with Crippen LogP contribution in [0.25, 0.3) is 0 Å². The predicted molar refractivity (Wildman–Crippen MR) is 83.4 cm³/mol. The van der Waals surface area contributed by atoms with Gasteiger partial charge in [-0.3, -0.25) is 4.79 Å². The van der Waals surface area contributed by atoms with Crippen molar-refractivity contribution in [2.45, 2.75) is 25.2 Å². The minimum Gasteiger partial charge on any atom is -0.497 e. The summed E-state index contributed by atoms with van der Waals surface area (Å²) in [6, 6.07) is 4.95. The Hall–Kier alpha value is -1.60. The van der Waals surface area contributed by atoms with Crippen molar-refractivity contribution in [3.63, 3.8) is 0 Å². The van der Waals surface area contributed by atoms with Gasteiger partial charge in [-0.15, -0.1) is 0 Å². The van der Waals surface area contributed by atoms with E-state index in [1.54, 1.807) is 37.1 Å². The zero-order valence-electron chi connectivity index (χ0n) is 13.2. The van der Waals surface area contributed by atoms with Crippen molar-refractivity contribution in [2.24, 2.45) is 0 Å². The molecule has 0 aromatic heterocycles. The Balaban J connectivity index is 2.25. The van der Waals surface area contributed by atoms with Gasteiger partial charge in [0.25, 0.3) is 0 Å². The first-order valence-electron chi connectivity index (χ1n) is 7.26. The van der Waals surface area contributed by atoms with Crippen LogP contribution in [0, 0.1) is 6.92 Å². The minimum atomic E-state index is -3.55. The largest absolute Gasteiger partial charge is 0.497 e. The summed E-state index contributed by atoms with van der Waals surface area (Å²) in [5.74, 6) is 0.620. The summed E-state index contributed by atoms with van der Waals surface area (Å²) in [4.78, 5) is 13.4. The number of rotatable bonds is 3. The summed E-state index contributed by atoms with van der Waals surface area (Å²) in [6.07, 6.45) is 0.647. The molecule has 0 saturated carbocycles. The summed E-state index contributed by atoms with van der Waals surface area (Å²) in [7, 11) is -2.00. The van der Waals surface area contributed by atoms with Crippen LogP contribution >= 0.6 is 0 Å². The number of carbonyl (C=O) groups excluding carboxylic acids is 1. The number of methoxy groups -OCH3 is 1. The summed E-state index contributed by atoms with van der Waals surface area (Å²) >= 11 is 0. The molecule has 7 heteroatoms. The molecule has 6 nitrogen and oxygen atoms in total. The van der Waals surface area contributed by atoms with Crippen LogP contribution in [-0.4, -0.2) is 56.8 Å². The SMILES string of the molecule is COc1ccc(S(=O)(=O)N2CCCN(C(C)=O)CC2)c(C)c1. The average molecular weight is 326 g/mol. The van der Waals surface area contributed by atoms with E-state index in [0.717, 1.165) is 0 Å². The smallest absolute Gasteiger partial charge is 0.243 e. The summed E-state index contributed by atoms with van der Waals surface area (Å²) in [6.45, 7) is 5.06. The van der Waals surface area contributed by atoms with Gasteiger partial charge in [0, 0.05) is 33.1 Å². The number of carbonyl (C=O) groups is 1. The molecule has 1 aromatic rings. The number of amides is 1. The first-order chi connectivity index (χ1) is 10.4. The second-order valence-electron chi connectivity index (χ2n) is 5.40. The van der Waals surface area contributed by atoms with Crippen molar-refractivity contribution in [1.82, 2.24) is 9.21 Å². The molecule has 1 fully saturated rings. The third kappa shape index (κ3) is 3.41. The van der Waals surface area contributed by atoms with Crippen LogP contribution in [0.4, 0.5) is 0 Å². The molecule has 0 atom stereocenters. The Morgan fingerprint density at radius 3 is 2.50 bits per heavy atom. The maximum absolute atomic E-state index is 12.8. The van der Waals surface area contributed by atoms with E-state index in [4.69, 9.17) is 4.74 Å². The average Bonchev–Trinajstić information content (AvgIpc) is 2.73. The number of aryl methyl sites for hydroxylation is 1. The molecule has 1 aromatic carbocycles. The number of ether oxygens (including phenoxy) is 1. The van der Waals surface area contributed by atoms with Crippen LogP contribution in [0.5, 0.6) is 5.75 Å². The quantitative estimate of drug-likeness (QED) is 0.838. The third-order valence-electron chi connectivity index (χ3n) is 3.90. The monoisotopic (exact) mass is 326 g/mol. The highest BCUT2D eigenvalue weighted by molar-refractivity contribution is 7.89. The normalized spacial score (nSPS) is 17.1. The number of hydrogen-bond acceptors (Lipinski definition) is 4. The standard InChI is InChI=1S/C15H22N2O4S/c1-12-11-14(21-3)5-6-15(12)22(19,20)17-8-4-7-16(9-10-17)13(2)18/h5-6,11H,4,7-10H2,1-3H3. The first kappa shape index (κ1) is 16.8. The molecule has 0 spiro atoms. The Kier molecular flexibility index (Phi) is 5.08. The van der Waals surface area contributed by atoms with Crippen molar-refractivity contribution >= 4 is 15.9 Å². The molecule has 1 amide bonds. The van der Waals surface area contributed by atoms with E-state index < -0.39 is 10.0 Å². The maximum atomic E-state index is 12.8. The molecular weight excluding hydrogens is 304 g/mol. The minimum absolute atomic E-state index is 0.0140.